The van der Waals surface area contributed by atoms with E-state index in [1.165, 1.54) is 11.8 Å². The summed E-state index contributed by atoms with van der Waals surface area (Å²) < 4.78 is 0. The van der Waals surface area contributed by atoms with Crippen molar-refractivity contribution in [2.75, 3.05) is 6.54 Å². The van der Waals surface area contributed by atoms with E-state index in [4.69, 9.17) is 6.42 Å². The van der Waals surface area contributed by atoms with Gasteiger partial charge >= 0.3 is 0 Å². The molecule has 2 rings (SSSR count). The number of carbonyl (C=O) groups excluding carboxylic acids is 1. The first-order valence-corrected chi connectivity index (χ1v) is 8.20. The second-order valence-electron chi connectivity index (χ2n) is 5.10. The normalized spacial score (nSPS) is 11.5. The Balaban J connectivity index is 2.07. The standard InChI is InChI=1S/C18H19N3OS/c1-4-12-21(13-16-9-7-8-14(2)20-16)18(22)15(3)23-17-10-5-6-11-19-17/h1,5-11,15H,12-13H2,2-3H3. The van der Waals surface area contributed by atoms with Crippen molar-refractivity contribution in [3.05, 3.63) is 54.0 Å². The molecule has 0 N–H and O–H groups in total. The van der Waals surface area contributed by atoms with Gasteiger partial charge in [-0.15, -0.1) is 6.42 Å². The van der Waals surface area contributed by atoms with E-state index >= 15 is 0 Å². The molecular formula is C18H19N3OS. The molecule has 0 aromatic carbocycles. The number of amides is 1. The van der Waals surface area contributed by atoms with Gasteiger partial charge < -0.3 is 4.90 Å². The molecule has 0 bridgehead atoms. The molecule has 1 atom stereocenters. The number of nitrogens with zero attached hydrogens (tertiary/aromatic N) is 3. The molecule has 1 unspecified atom stereocenters. The van der Waals surface area contributed by atoms with Crippen LogP contribution in [0.15, 0.2) is 47.6 Å². The smallest absolute Gasteiger partial charge is 0.236 e. The number of rotatable bonds is 6. The summed E-state index contributed by atoms with van der Waals surface area (Å²) in [5, 5.41) is 0.561. The lowest BCUT2D eigenvalue weighted by molar-refractivity contribution is -0.130. The van der Waals surface area contributed by atoms with Crippen molar-refractivity contribution in [2.45, 2.75) is 30.7 Å². The Bertz CT molecular complexity index is 697. The fraction of sp³-hybridized carbons (Fsp3) is 0.278. The van der Waals surface area contributed by atoms with E-state index in [1.807, 2.05) is 50.2 Å². The summed E-state index contributed by atoms with van der Waals surface area (Å²) in [5.41, 5.74) is 1.76. The fourth-order valence-corrected chi connectivity index (χ4v) is 3.00. The third-order valence-corrected chi connectivity index (χ3v) is 4.21. The number of pyridine rings is 2. The van der Waals surface area contributed by atoms with Crippen molar-refractivity contribution in [3.63, 3.8) is 0 Å². The first kappa shape index (κ1) is 17.0. The molecule has 23 heavy (non-hydrogen) atoms. The van der Waals surface area contributed by atoms with E-state index in [1.54, 1.807) is 11.1 Å². The van der Waals surface area contributed by atoms with Crippen LogP contribution in [0.3, 0.4) is 0 Å². The molecule has 0 aliphatic rings. The predicted molar refractivity (Wildman–Crippen MR) is 92.8 cm³/mol. The highest BCUT2D eigenvalue weighted by atomic mass is 32.2. The molecule has 4 nitrogen and oxygen atoms in total. The first-order chi connectivity index (χ1) is 11.1. The van der Waals surface area contributed by atoms with Gasteiger partial charge in [0.05, 0.1) is 29.1 Å². The zero-order valence-corrected chi connectivity index (χ0v) is 14.1. The van der Waals surface area contributed by atoms with Crippen molar-refractivity contribution < 1.29 is 4.79 Å². The Hall–Kier alpha value is -2.32. The molecule has 2 heterocycles. The topological polar surface area (TPSA) is 46.1 Å². The van der Waals surface area contributed by atoms with E-state index in [0.717, 1.165) is 16.4 Å². The van der Waals surface area contributed by atoms with Crippen molar-refractivity contribution in [1.29, 1.82) is 0 Å². The molecule has 0 saturated heterocycles. The Morgan fingerprint density at radius 2 is 2.17 bits per heavy atom. The lowest BCUT2D eigenvalue weighted by Gasteiger charge is -2.23. The van der Waals surface area contributed by atoms with Gasteiger partial charge in [-0.05, 0) is 38.1 Å². The number of aromatic nitrogens is 2. The molecule has 0 spiro atoms. The Kier molecular flexibility index (Phi) is 6.19. The second-order valence-corrected chi connectivity index (χ2v) is 6.46. The van der Waals surface area contributed by atoms with E-state index in [9.17, 15) is 4.79 Å². The summed E-state index contributed by atoms with van der Waals surface area (Å²) in [6.45, 7) is 4.48. The van der Waals surface area contributed by atoms with E-state index in [0.29, 0.717) is 6.54 Å². The molecule has 0 radical (unpaired) electrons. The summed E-state index contributed by atoms with van der Waals surface area (Å²) in [7, 11) is 0. The number of hydrogen-bond donors (Lipinski definition) is 0. The highest BCUT2D eigenvalue weighted by Crippen LogP contribution is 2.22. The molecule has 0 aliphatic carbocycles. The van der Waals surface area contributed by atoms with Gasteiger partial charge in [-0.2, -0.15) is 0 Å². The maximum Gasteiger partial charge on any atom is 0.236 e. The Labute approximate surface area is 141 Å². The zero-order chi connectivity index (χ0) is 16.7. The van der Waals surface area contributed by atoms with Crippen molar-refractivity contribution in [3.8, 4) is 12.3 Å². The second kappa shape index (κ2) is 8.35. The van der Waals surface area contributed by atoms with E-state index in [-0.39, 0.29) is 17.7 Å². The summed E-state index contributed by atoms with van der Waals surface area (Å²) >= 11 is 1.43. The van der Waals surface area contributed by atoms with Crippen LogP contribution in [0, 0.1) is 19.3 Å². The molecule has 5 heteroatoms. The summed E-state index contributed by atoms with van der Waals surface area (Å²) in [5.74, 6) is 2.54. The van der Waals surface area contributed by atoms with Gasteiger partial charge in [-0.3, -0.25) is 9.78 Å². The van der Waals surface area contributed by atoms with Crippen LogP contribution in [-0.4, -0.2) is 32.6 Å². The van der Waals surface area contributed by atoms with Gasteiger partial charge in [0.2, 0.25) is 5.91 Å². The highest BCUT2D eigenvalue weighted by Gasteiger charge is 2.22. The maximum atomic E-state index is 12.7. The van der Waals surface area contributed by atoms with Crippen LogP contribution in [0.25, 0.3) is 0 Å². The van der Waals surface area contributed by atoms with Crippen LogP contribution >= 0.6 is 11.8 Å². The molecule has 118 valence electrons. The van der Waals surface area contributed by atoms with Gasteiger partial charge in [-0.1, -0.05) is 29.8 Å². The van der Waals surface area contributed by atoms with Crippen LogP contribution in [0.2, 0.25) is 0 Å². The average molecular weight is 325 g/mol. The number of aryl methyl sites for hydroxylation is 1. The van der Waals surface area contributed by atoms with Crippen molar-refractivity contribution in [2.24, 2.45) is 0 Å². The zero-order valence-electron chi connectivity index (χ0n) is 13.3. The lowest BCUT2D eigenvalue weighted by Crippen LogP contribution is -2.36. The van der Waals surface area contributed by atoms with Crippen molar-refractivity contribution >= 4 is 17.7 Å². The minimum absolute atomic E-state index is 0.0121. The molecule has 2 aromatic rings. The SMILES string of the molecule is C#CCN(Cc1cccc(C)n1)C(=O)C(C)Sc1ccccn1. The number of hydrogen-bond acceptors (Lipinski definition) is 4. The summed E-state index contributed by atoms with van der Waals surface area (Å²) in [4.78, 5) is 23.0. The van der Waals surface area contributed by atoms with Crippen LogP contribution in [0.1, 0.15) is 18.3 Å². The average Bonchev–Trinajstić information content (AvgIpc) is 2.55. The third-order valence-electron chi connectivity index (χ3n) is 3.18. The molecule has 0 saturated carbocycles. The van der Waals surface area contributed by atoms with E-state index in [2.05, 4.69) is 15.9 Å². The quantitative estimate of drug-likeness (QED) is 0.605. The van der Waals surface area contributed by atoms with Gasteiger partial charge in [-0.25, -0.2) is 4.98 Å². The molecule has 0 aliphatic heterocycles. The number of carbonyl (C=O) groups is 1. The minimum Gasteiger partial charge on any atom is -0.325 e. The first-order valence-electron chi connectivity index (χ1n) is 7.32. The van der Waals surface area contributed by atoms with Gasteiger partial charge in [0.1, 0.15) is 0 Å². The molecule has 2 aromatic heterocycles. The van der Waals surface area contributed by atoms with Crippen molar-refractivity contribution in [1.82, 2.24) is 14.9 Å². The maximum absolute atomic E-state index is 12.7. The summed E-state index contributed by atoms with van der Waals surface area (Å²) in [6.07, 6.45) is 7.14. The van der Waals surface area contributed by atoms with Crippen LogP contribution < -0.4 is 0 Å². The Morgan fingerprint density at radius 1 is 1.35 bits per heavy atom. The largest absolute Gasteiger partial charge is 0.325 e. The molecular weight excluding hydrogens is 306 g/mol. The third kappa shape index (κ3) is 5.11. The van der Waals surface area contributed by atoms with Crippen LogP contribution in [0.5, 0.6) is 0 Å². The molecule has 1 amide bonds. The van der Waals surface area contributed by atoms with Crippen LogP contribution in [0.4, 0.5) is 0 Å². The van der Waals surface area contributed by atoms with Crippen LogP contribution in [-0.2, 0) is 11.3 Å². The number of thioether (sulfide) groups is 1. The minimum atomic E-state index is -0.261. The monoisotopic (exact) mass is 325 g/mol. The predicted octanol–water partition coefficient (Wildman–Crippen LogP) is 2.93. The fourth-order valence-electron chi connectivity index (χ4n) is 2.11. The Morgan fingerprint density at radius 3 is 2.83 bits per heavy atom. The number of terminal acetylenes is 1. The lowest BCUT2D eigenvalue weighted by atomic mass is 10.2. The van der Waals surface area contributed by atoms with Gasteiger partial charge in [0.15, 0.2) is 0 Å². The van der Waals surface area contributed by atoms with Gasteiger partial charge in [0, 0.05) is 11.9 Å². The van der Waals surface area contributed by atoms with E-state index < -0.39 is 0 Å². The summed E-state index contributed by atoms with van der Waals surface area (Å²) in [6, 6.07) is 11.4. The van der Waals surface area contributed by atoms with Gasteiger partial charge in [0.25, 0.3) is 0 Å². The molecule has 0 fully saturated rings. The highest BCUT2D eigenvalue weighted by molar-refractivity contribution is 8.00.